The molecule has 29 heavy (non-hydrogen) atoms. The Bertz CT molecular complexity index is 1030. The Morgan fingerprint density at radius 3 is 2.38 bits per heavy atom. The number of imidazole rings is 1. The van der Waals surface area contributed by atoms with E-state index in [-0.39, 0.29) is 11.3 Å². The van der Waals surface area contributed by atoms with Gasteiger partial charge in [0.15, 0.2) is 0 Å². The van der Waals surface area contributed by atoms with Gasteiger partial charge in [0, 0.05) is 18.4 Å². The molecule has 0 aliphatic heterocycles. The van der Waals surface area contributed by atoms with Crippen molar-refractivity contribution < 1.29 is 9.90 Å². The number of rotatable bonds is 9. The zero-order chi connectivity index (χ0) is 20.8. The molecule has 3 rings (SSSR count). The summed E-state index contributed by atoms with van der Waals surface area (Å²) in [5.74, 6) is -0.936. The Balaban J connectivity index is 1.86. The summed E-state index contributed by atoms with van der Waals surface area (Å²) in [6.07, 6.45) is 6.27. The predicted octanol–water partition coefficient (Wildman–Crippen LogP) is 4.82. The van der Waals surface area contributed by atoms with E-state index in [4.69, 9.17) is 0 Å². The van der Waals surface area contributed by atoms with Crippen LogP contribution in [0.25, 0.3) is 11.1 Å². The van der Waals surface area contributed by atoms with Gasteiger partial charge in [-0.3, -0.25) is 9.13 Å². The maximum Gasteiger partial charge on any atom is 0.336 e. The summed E-state index contributed by atoms with van der Waals surface area (Å²) < 4.78 is 3.62. The van der Waals surface area contributed by atoms with Crippen LogP contribution in [0, 0.1) is 0 Å². The molecule has 5 heteroatoms. The van der Waals surface area contributed by atoms with E-state index < -0.39 is 5.97 Å². The molecule has 0 atom stereocenters. The van der Waals surface area contributed by atoms with E-state index in [1.807, 2.05) is 54.1 Å². The molecule has 0 fully saturated rings. The number of nitrogens with zero attached hydrogens (tertiary/aromatic N) is 2. The highest BCUT2D eigenvalue weighted by Gasteiger charge is 2.13. The maximum atomic E-state index is 12.7. The van der Waals surface area contributed by atoms with Gasteiger partial charge in [0.1, 0.15) is 0 Å². The van der Waals surface area contributed by atoms with Crippen LogP contribution in [0.15, 0.2) is 59.5 Å². The first-order valence-corrected chi connectivity index (χ1v) is 10.3. The van der Waals surface area contributed by atoms with Crippen molar-refractivity contribution in [2.24, 2.45) is 0 Å². The van der Waals surface area contributed by atoms with Gasteiger partial charge in [0.2, 0.25) is 0 Å². The molecule has 0 spiro atoms. The molecule has 0 unspecified atom stereocenters. The number of aryl methyl sites for hydroxylation is 2. The van der Waals surface area contributed by atoms with E-state index in [0.29, 0.717) is 18.7 Å². The van der Waals surface area contributed by atoms with Gasteiger partial charge in [0.05, 0.1) is 12.1 Å². The first-order valence-electron chi connectivity index (χ1n) is 10.3. The Morgan fingerprint density at radius 1 is 1.00 bits per heavy atom. The van der Waals surface area contributed by atoms with Gasteiger partial charge >= 0.3 is 11.7 Å². The normalized spacial score (nSPS) is 11.0. The number of hydrogen-bond acceptors (Lipinski definition) is 2. The fraction of sp³-hybridized carbons (Fsp3) is 0.333. The summed E-state index contributed by atoms with van der Waals surface area (Å²) >= 11 is 0. The molecule has 0 aliphatic carbocycles. The Labute approximate surface area is 171 Å². The maximum absolute atomic E-state index is 12.7. The van der Waals surface area contributed by atoms with E-state index in [2.05, 4.69) is 6.92 Å². The summed E-state index contributed by atoms with van der Waals surface area (Å²) in [5.41, 5.74) is 3.96. The Kier molecular flexibility index (Phi) is 6.70. The minimum absolute atomic E-state index is 0.0271. The SMILES string of the molecule is CCCCCc1cn(CC)c(=O)n1Cc1ccc(-c2ccccc2C(=O)O)cc1. The second kappa shape index (κ2) is 9.41. The summed E-state index contributed by atoms with van der Waals surface area (Å²) in [7, 11) is 0. The molecular weight excluding hydrogens is 364 g/mol. The average Bonchev–Trinajstić information content (AvgIpc) is 3.03. The molecular formula is C24H28N2O3. The van der Waals surface area contributed by atoms with Crippen LogP contribution in [-0.4, -0.2) is 20.2 Å². The first kappa shape index (κ1) is 20.6. The van der Waals surface area contributed by atoms with Crippen LogP contribution in [0.2, 0.25) is 0 Å². The van der Waals surface area contributed by atoms with Gasteiger partial charge in [0.25, 0.3) is 0 Å². The number of benzene rings is 2. The van der Waals surface area contributed by atoms with Crippen LogP contribution < -0.4 is 5.69 Å². The van der Waals surface area contributed by atoms with Crippen LogP contribution in [-0.2, 0) is 19.5 Å². The van der Waals surface area contributed by atoms with Crippen LogP contribution >= 0.6 is 0 Å². The van der Waals surface area contributed by atoms with Crippen molar-refractivity contribution in [1.82, 2.24) is 9.13 Å². The van der Waals surface area contributed by atoms with E-state index in [0.717, 1.165) is 42.5 Å². The summed E-state index contributed by atoms with van der Waals surface area (Å²) in [5, 5.41) is 9.41. The predicted molar refractivity (Wildman–Crippen MR) is 116 cm³/mol. The highest BCUT2D eigenvalue weighted by Crippen LogP contribution is 2.24. The number of aromatic carboxylic acids is 1. The Morgan fingerprint density at radius 2 is 1.72 bits per heavy atom. The van der Waals surface area contributed by atoms with E-state index in [1.54, 1.807) is 16.7 Å². The zero-order valence-electron chi connectivity index (χ0n) is 17.1. The van der Waals surface area contributed by atoms with Crippen molar-refractivity contribution in [1.29, 1.82) is 0 Å². The lowest BCUT2D eigenvalue weighted by Crippen LogP contribution is -2.25. The molecule has 0 radical (unpaired) electrons. The third-order valence-corrected chi connectivity index (χ3v) is 5.27. The minimum atomic E-state index is -0.936. The third kappa shape index (κ3) is 4.67. The van der Waals surface area contributed by atoms with Crippen LogP contribution in [0.1, 0.15) is 54.7 Å². The van der Waals surface area contributed by atoms with E-state index in [9.17, 15) is 14.7 Å². The highest BCUT2D eigenvalue weighted by molar-refractivity contribution is 5.95. The van der Waals surface area contributed by atoms with Gasteiger partial charge in [-0.05, 0) is 42.5 Å². The highest BCUT2D eigenvalue weighted by atomic mass is 16.4. The number of hydrogen-bond donors (Lipinski definition) is 1. The average molecular weight is 392 g/mol. The van der Waals surface area contributed by atoms with Crippen molar-refractivity contribution in [2.75, 3.05) is 0 Å². The van der Waals surface area contributed by atoms with Gasteiger partial charge in [-0.25, -0.2) is 9.59 Å². The lowest BCUT2D eigenvalue weighted by Gasteiger charge is -2.10. The van der Waals surface area contributed by atoms with Crippen molar-refractivity contribution >= 4 is 5.97 Å². The second-order valence-corrected chi connectivity index (χ2v) is 7.28. The zero-order valence-corrected chi connectivity index (χ0v) is 17.1. The van der Waals surface area contributed by atoms with E-state index >= 15 is 0 Å². The smallest absolute Gasteiger partial charge is 0.336 e. The number of carboxylic acids is 1. The van der Waals surface area contributed by atoms with Crippen molar-refractivity contribution in [3.8, 4) is 11.1 Å². The molecule has 0 saturated heterocycles. The largest absolute Gasteiger partial charge is 0.478 e. The molecule has 3 aromatic rings. The molecule has 5 nitrogen and oxygen atoms in total. The molecule has 1 aromatic heterocycles. The van der Waals surface area contributed by atoms with Crippen LogP contribution in [0.3, 0.4) is 0 Å². The first-order chi connectivity index (χ1) is 14.0. The number of unbranched alkanes of at least 4 members (excludes halogenated alkanes) is 2. The van der Waals surface area contributed by atoms with Gasteiger partial charge in [-0.15, -0.1) is 0 Å². The number of aromatic nitrogens is 2. The number of carbonyl (C=O) groups is 1. The molecule has 0 amide bonds. The molecule has 1 heterocycles. The quantitative estimate of drug-likeness (QED) is 0.531. The van der Waals surface area contributed by atoms with E-state index in [1.165, 1.54) is 0 Å². The van der Waals surface area contributed by atoms with Crippen LogP contribution in [0.5, 0.6) is 0 Å². The summed E-state index contributed by atoms with van der Waals surface area (Å²) in [6.45, 7) is 5.34. The molecule has 2 aromatic carbocycles. The van der Waals surface area contributed by atoms with Crippen molar-refractivity contribution in [3.05, 3.63) is 82.0 Å². The standard InChI is InChI=1S/C24H28N2O3/c1-3-5-6-9-20-17-25(4-2)24(29)26(20)16-18-12-14-19(15-13-18)21-10-7-8-11-22(21)23(27)28/h7-8,10-15,17H,3-6,9,16H2,1-2H3,(H,27,28). The molecule has 0 aliphatic rings. The van der Waals surface area contributed by atoms with Crippen molar-refractivity contribution in [2.45, 2.75) is 52.6 Å². The van der Waals surface area contributed by atoms with Crippen molar-refractivity contribution in [3.63, 3.8) is 0 Å². The summed E-state index contributed by atoms with van der Waals surface area (Å²) in [6, 6.07) is 14.8. The van der Waals surface area contributed by atoms with Gasteiger partial charge < -0.3 is 5.11 Å². The Hall–Kier alpha value is -3.08. The minimum Gasteiger partial charge on any atom is -0.478 e. The van der Waals surface area contributed by atoms with Gasteiger partial charge in [-0.2, -0.15) is 0 Å². The molecule has 1 N–H and O–H groups in total. The molecule has 0 bridgehead atoms. The molecule has 152 valence electrons. The third-order valence-electron chi connectivity index (χ3n) is 5.27. The van der Waals surface area contributed by atoms with Crippen LogP contribution in [0.4, 0.5) is 0 Å². The number of carboxylic acid groups (broad SMARTS) is 1. The lowest BCUT2D eigenvalue weighted by atomic mass is 9.99. The fourth-order valence-electron chi connectivity index (χ4n) is 3.63. The fourth-order valence-corrected chi connectivity index (χ4v) is 3.63. The lowest BCUT2D eigenvalue weighted by molar-refractivity contribution is 0.0697. The summed E-state index contributed by atoms with van der Waals surface area (Å²) in [4.78, 5) is 24.2. The second-order valence-electron chi connectivity index (χ2n) is 7.28. The molecule has 0 saturated carbocycles. The monoisotopic (exact) mass is 392 g/mol. The van der Waals surface area contributed by atoms with Gasteiger partial charge in [-0.1, -0.05) is 62.2 Å². The topological polar surface area (TPSA) is 64.2 Å².